The second-order valence-electron chi connectivity index (χ2n) is 1.54. The second-order valence-corrected chi connectivity index (χ2v) is 1.54. The largest absolute Gasteiger partial charge is 0.516 e. The van der Waals surface area contributed by atoms with E-state index in [1.165, 1.54) is 0 Å². The molecular weight excluding hydrogens is 188 g/mol. The SMILES string of the molecule is C=CC(=O)OCC.C=CO.NC(N)=O. The zero-order valence-corrected chi connectivity index (χ0v) is 8.10. The summed E-state index contributed by atoms with van der Waals surface area (Å²) in [4.78, 5) is 19.1. The fourth-order valence-corrected chi connectivity index (χ4v) is 0.201. The Kier molecular flexibility index (Phi) is 22.0. The number of carbonyl (C=O) groups excluding carboxylic acids is 2. The van der Waals surface area contributed by atoms with E-state index in [9.17, 15) is 4.79 Å². The van der Waals surface area contributed by atoms with E-state index in [0.717, 1.165) is 12.3 Å². The first-order chi connectivity index (χ1) is 6.45. The first kappa shape index (κ1) is 17.9. The van der Waals surface area contributed by atoms with Crippen LogP contribution in [0.1, 0.15) is 6.92 Å². The number of aliphatic hydroxyl groups excluding tert-OH is 1. The molecule has 0 fully saturated rings. The lowest BCUT2D eigenvalue weighted by atomic mass is 10.6. The minimum absolute atomic E-state index is 0.359. The van der Waals surface area contributed by atoms with Gasteiger partial charge < -0.3 is 21.3 Å². The smallest absolute Gasteiger partial charge is 0.330 e. The molecule has 0 aliphatic rings. The molecule has 6 heteroatoms. The van der Waals surface area contributed by atoms with Gasteiger partial charge in [0.25, 0.3) is 0 Å². The quantitative estimate of drug-likeness (QED) is 0.344. The third-order valence-corrected chi connectivity index (χ3v) is 0.453. The van der Waals surface area contributed by atoms with Crippen molar-refractivity contribution in [3.8, 4) is 0 Å². The summed E-state index contributed by atoms with van der Waals surface area (Å²) in [7, 11) is 0. The molecule has 2 amide bonds. The van der Waals surface area contributed by atoms with Gasteiger partial charge in [-0.05, 0) is 6.92 Å². The molecule has 0 aromatic carbocycles. The lowest BCUT2D eigenvalue weighted by Gasteiger charge is -1.90. The number of amides is 2. The summed E-state index contributed by atoms with van der Waals surface area (Å²) < 4.78 is 4.43. The van der Waals surface area contributed by atoms with Crippen LogP contribution < -0.4 is 11.5 Å². The summed E-state index contributed by atoms with van der Waals surface area (Å²) in [5.74, 6) is -0.359. The molecule has 0 saturated heterocycles. The number of urea groups is 1. The molecule has 0 atom stereocenters. The van der Waals surface area contributed by atoms with Crippen molar-refractivity contribution in [2.75, 3.05) is 6.61 Å². The molecule has 0 aromatic rings. The first-order valence-electron chi connectivity index (χ1n) is 3.55. The summed E-state index contributed by atoms with van der Waals surface area (Å²) in [5, 5.41) is 7.33. The summed E-state index contributed by atoms with van der Waals surface area (Å²) in [6, 6.07) is -0.833. The van der Waals surface area contributed by atoms with Crippen LogP contribution in [0.4, 0.5) is 4.79 Å². The highest BCUT2D eigenvalue weighted by Gasteiger charge is 1.86. The Morgan fingerprint density at radius 3 is 1.79 bits per heavy atom. The van der Waals surface area contributed by atoms with Crippen molar-refractivity contribution in [1.82, 2.24) is 0 Å². The molecule has 5 N–H and O–H groups in total. The Hall–Kier alpha value is -1.98. The van der Waals surface area contributed by atoms with Gasteiger partial charge in [-0.1, -0.05) is 13.2 Å². The predicted molar refractivity (Wildman–Crippen MR) is 53.4 cm³/mol. The number of carbonyl (C=O) groups is 2. The van der Waals surface area contributed by atoms with E-state index in [0.29, 0.717) is 6.61 Å². The number of rotatable bonds is 2. The van der Waals surface area contributed by atoms with Crippen LogP contribution in [0, 0.1) is 0 Å². The zero-order valence-electron chi connectivity index (χ0n) is 8.10. The highest BCUT2D eigenvalue weighted by atomic mass is 16.5. The number of hydrogen-bond donors (Lipinski definition) is 3. The average Bonchev–Trinajstić information content (AvgIpc) is 2.05. The van der Waals surface area contributed by atoms with Gasteiger partial charge in [0.05, 0.1) is 12.9 Å². The first-order valence-corrected chi connectivity index (χ1v) is 3.55. The molecule has 14 heavy (non-hydrogen) atoms. The summed E-state index contributed by atoms with van der Waals surface area (Å²) in [6.07, 6.45) is 1.89. The van der Waals surface area contributed by atoms with Crippen LogP contribution in [-0.2, 0) is 9.53 Å². The van der Waals surface area contributed by atoms with Gasteiger partial charge in [0, 0.05) is 6.08 Å². The Morgan fingerprint density at radius 2 is 1.71 bits per heavy atom. The van der Waals surface area contributed by atoms with Crippen molar-refractivity contribution in [2.24, 2.45) is 11.5 Å². The zero-order chi connectivity index (χ0) is 12.0. The van der Waals surface area contributed by atoms with Gasteiger partial charge >= 0.3 is 12.0 Å². The lowest BCUT2D eigenvalue weighted by molar-refractivity contribution is -0.137. The maximum atomic E-state index is 10.1. The van der Waals surface area contributed by atoms with Crippen molar-refractivity contribution in [3.05, 3.63) is 25.5 Å². The molecule has 0 aromatic heterocycles. The number of hydrogen-bond acceptors (Lipinski definition) is 4. The van der Waals surface area contributed by atoms with E-state index in [1.807, 2.05) is 0 Å². The van der Waals surface area contributed by atoms with Crippen molar-refractivity contribution < 1.29 is 19.4 Å². The summed E-state index contributed by atoms with van der Waals surface area (Å²) in [6.45, 7) is 8.29. The van der Waals surface area contributed by atoms with Crippen LogP contribution in [0.2, 0.25) is 0 Å². The Bertz CT molecular complexity index is 176. The number of primary amides is 2. The Morgan fingerprint density at radius 1 is 1.43 bits per heavy atom. The lowest BCUT2D eigenvalue weighted by Crippen LogP contribution is -2.18. The maximum Gasteiger partial charge on any atom is 0.330 e. The molecule has 0 aliphatic carbocycles. The predicted octanol–water partition coefficient (Wildman–Crippen LogP) is 0.447. The molecule has 0 unspecified atom stereocenters. The van der Waals surface area contributed by atoms with Crippen molar-refractivity contribution >= 4 is 12.0 Å². The number of esters is 1. The molecular formula is C8H16N2O4. The van der Waals surface area contributed by atoms with Gasteiger partial charge in [0.1, 0.15) is 0 Å². The van der Waals surface area contributed by atoms with E-state index in [1.54, 1.807) is 6.92 Å². The number of aliphatic hydroxyl groups is 1. The van der Waals surface area contributed by atoms with Crippen LogP contribution in [0.15, 0.2) is 25.5 Å². The van der Waals surface area contributed by atoms with E-state index in [2.05, 4.69) is 29.4 Å². The van der Waals surface area contributed by atoms with Crippen molar-refractivity contribution in [2.45, 2.75) is 6.92 Å². The topological polar surface area (TPSA) is 116 Å². The van der Waals surface area contributed by atoms with Gasteiger partial charge in [0.15, 0.2) is 0 Å². The molecule has 0 heterocycles. The van der Waals surface area contributed by atoms with Gasteiger partial charge in [-0.25, -0.2) is 9.59 Å². The van der Waals surface area contributed by atoms with Crippen LogP contribution >= 0.6 is 0 Å². The minimum Gasteiger partial charge on any atom is -0.516 e. The monoisotopic (exact) mass is 204 g/mol. The van der Waals surface area contributed by atoms with Crippen LogP contribution in [0.3, 0.4) is 0 Å². The summed E-state index contributed by atoms with van der Waals surface area (Å²) in [5.41, 5.74) is 8.50. The number of nitrogens with two attached hydrogens (primary N) is 2. The second kappa shape index (κ2) is 17.2. The summed E-state index contributed by atoms with van der Waals surface area (Å²) >= 11 is 0. The maximum absolute atomic E-state index is 10.1. The van der Waals surface area contributed by atoms with Crippen molar-refractivity contribution in [3.63, 3.8) is 0 Å². The number of ether oxygens (including phenoxy) is 1. The molecule has 82 valence electrons. The van der Waals surface area contributed by atoms with Gasteiger partial charge in [-0.3, -0.25) is 0 Å². The molecule has 0 aliphatic heterocycles. The highest BCUT2D eigenvalue weighted by molar-refractivity contribution is 5.81. The van der Waals surface area contributed by atoms with Gasteiger partial charge in [-0.15, -0.1) is 0 Å². The Labute approximate surface area is 82.8 Å². The highest BCUT2D eigenvalue weighted by Crippen LogP contribution is 1.74. The molecule has 0 spiro atoms. The van der Waals surface area contributed by atoms with E-state index >= 15 is 0 Å². The molecule has 0 bridgehead atoms. The van der Waals surface area contributed by atoms with Crippen LogP contribution in [0.25, 0.3) is 0 Å². The normalized spacial score (nSPS) is 6.36. The van der Waals surface area contributed by atoms with Crippen LogP contribution in [0.5, 0.6) is 0 Å². The molecule has 0 radical (unpaired) electrons. The van der Waals surface area contributed by atoms with Crippen molar-refractivity contribution in [1.29, 1.82) is 0 Å². The fourth-order valence-electron chi connectivity index (χ4n) is 0.201. The molecule has 6 nitrogen and oxygen atoms in total. The van der Waals surface area contributed by atoms with E-state index < -0.39 is 6.03 Å². The van der Waals surface area contributed by atoms with Crippen LogP contribution in [-0.4, -0.2) is 23.7 Å². The fraction of sp³-hybridized carbons (Fsp3) is 0.250. The third kappa shape index (κ3) is 89.4. The Balaban J connectivity index is -0.000000147. The minimum atomic E-state index is -0.833. The average molecular weight is 204 g/mol. The van der Waals surface area contributed by atoms with E-state index in [4.69, 9.17) is 9.90 Å². The molecule has 0 saturated carbocycles. The standard InChI is InChI=1S/C5H8O2.C2H4O.CH4N2O/c1-3-5(6)7-4-2;1-2-3;2-1(3)4/h3H,1,4H2,2H3;2-3H,1H2;(H4,2,3,4). The van der Waals surface area contributed by atoms with E-state index in [-0.39, 0.29) is 5.97 Å². The van der Waals surface area contributed by atoms with Gasteiger partial charge in [-0.2, -0.15) is 0 Å². The third-order valence-electron chi connectivity index (χ3n) is 0.453. The molecule has 0 rings (SSSR count). The van der Waals surface area contributed by atoms with Gasteiger partial charge in [0.2, 0.25) is 0 Å².